The maximum atomic E-state index is 9.25. The third-order valence-electron chi connectivity index (χ3n) is 1.90. The van der Waals surface area contributed by atoms with Gasteiger partial charge in [-0.15, -0.1) is 0 Å². The molecular weight excluding hydrogens is 132 g/mol. The van der Waals surface area contributed by atoms with Gasteiger partial charge in [-0.05, 0) is 19.8 Å². The van der Waals surface area contributed by atoms with Gasteiger partial charge in [0.25, 0.3) is 0 Å². The number of rotatable bonds is 0. The lowest BCUT2D eigenvalue weighted by molar-refractivity contribution is -0.0617. The minimum Gasteiger partial charge on any atom is -0.390 e. The molecule has 0 amide bonds. The number of hydrogen-bond acceptors (Lipinski definition) is 3. The average Bonchev–Trinajstić information content (AvgIpc) is 2.04. The Morgan fingerprint density at radius 2 is 2.10 bits per heavy atom. The summed E-state index contributed by atoms with van der Waals surface area (Å²) in [6.07, 6.45) is -0.0499. The minimum atomic E-state index is -0.706. The summed E-state index contributed by atoms with van der Waals surface area (Å²) >= 11 is 0. The minimum absolute atomic E-state index is 0.225. The highest BCUT2D eigenvalue weighted by Gasteiger charge is 2.25. The molecule has 2 N–H and O–H groups in total. The normalized spacial score (nSPS) is 42.9. The summed E-state index contributed by atoms with van der Waals surface area (Å²) in [5.74, 6) is 0. The third-order valence-corrected chi connectivity index (χ3v) is 1.90. The topological polar surface area (TPSA) is 49.7 Å². The Hall–Kier alpha value is -0.120. The largest absolute Gasteiger partial charge is 0.390 e. The van der Waals surface area contributed by atoms with Gasteiger partial charge in [-0.25, -0.2) is 0 Å². The van der Waals surface area contributed by atoms with Crippen LogP contribution in [-0.4, -0.2) is 35.1 Å². The first-order valence-electron chi connectivity index (χ1n) is 3.69. The van der Waals surface area contributed by atoms with Crippen molar-refractivity contribution >= 4 is 0 Å². The molecule has 1 heterocycles. The molecule has 1 fully saturated rings. The summed E-state index contributed by atoms with van der Waals surface area (Å²) in [6, 6.07) is 0. The van der Waals surface area contributed by atoms with Crippen molar-refractivity contribution in [3.8, 4) is 0 Å². The van der Waals surface area contributed by atoms with Crippen molar-refractivity contribution in [1.82, 2.24) is 0 Å². The quantitative estimate of drug-likeness (QED) is 0.502. The van der Waals surface area contributed by atoms with Gasteiger partial charge in [0.15, 0.2) is 0 Å². The molecular formula is C7H14O3. The van der Waals surface area contributed by atoms with Crippen LogP contribution in [0.1, 0.15) is 19.8 Å². The van der Waals surface area contributed by atoms with Crippen molar-refractivity contribution in [3.05, 3.63) is 0 Å². The van der Waals surface area contributed by atoms with Gasteiger partial charge in [0.2, 0.25) is 0 Å². The summed E-state index contributed by atoms with van der Waals surface area (Å²) in [7, 11) is 0. The standard InChI is InChI=1S/C7H14O3/c1-5-7(9)6(8)3-2-4-10-5/h5-9H,2-4H2,1H3/t5-,6+,7-/m1/s1. The van der Waals surface area contributed by atoms with Crippen LogP contribution in [-0.2, 0) is 4.74 Å². The lowest BCUT2D eigenvalue weighted by atomic mass is 10.1. The van der Waals surface area contributed by atoms with Gasteiger partial charge >= 0.3 is 0 Å². The molecule has 0 aromatic rings. The zero-order valence-electron chi connectivity index (χ0n) is 6.16. The Bertz CT molecular complexity index is 93.0. The molecule has 1 saturated heterocycles. The molecule has 1 aliphatic rings. The van der Waals surface area contributed by atoms with Crippen LogP contribution in [0.3, 0.4) is 0 Å². The zero-order chi connectivity index (χ0) is 7.56. The lowest BCUT2D eigenvalue weighted by Gasteiger charge is -2.19. The van der Waals surface area contributed by atoms with Crippen molar-refractivity contribution in [3.63, 3.8) is 0 Å². The predicted octanol–water partition coefficient (Wildman–Crippen LogP) is -0.0929. The van der Waals surface area contributed by atoms with Crippen LogP contribution in [0.5, 0.6) is 0 Å². The second-order valence-corrected chi connectivity index (χ2v) is 2.78. The number of aliphatic hydroxyl groups excluding tert-OH is 2. The van der Waals surface area contributed by atoms with E-state index in [0.717, 1.165) is 6.42 Å². The fourth-order valence-corrected chi connectivity index (χ4v) is 1.14. The van der Waals surface area contributed by atoms with E-state index in [1.807, 2.05) is 0 Å². The van der Waals surface area contributed by atoms with Crippen molar-refractivity contribution in [2.75, 3.05) is 6.61 Å². The molecule has 1 rings (SSSR count). The van der Waals surface area contributed by atoms with E-state index in [4.69, 9.17) is 4.74 Å². The van der Waals surface area contributed by atoms with Gasteiger partial charge < -0.3 is 14.9 Å². The molecule has 10 heavy (non-hydrogen) atoms. The van der Waals surface area contributed by atoms with E-state index in [9.17, 15) is 10.2 Å². The summed E-state index contributed by atoms with van der Waals surface area (Å²) in [4.78, 5) is 0. The fraction of sp³-hybridized carbons (Fsp3) is 1.00. The number of aliphatic hydroxyl groups is 2. The van der Waals surface area contributed by atoms with E-state index >= 15 is 0 Å². The molecule has 0 aromatic heterocycles. The zero-order valence-corrected chi connectivity index (χ0v) is 6.16. The highest BCUT2D eigenvalue weighted by Crippen LogP contribution is 2.13. The predicted molar refractivity (Wildman–Crippen MR) is 36.7 cm³/mol. The molecule has 60 valence electrons. The van der Waals surface area contributed by atoms with Crippen molar-refractivity contribution < 1.29 is 14.9 Å². The van der Waals surface area contributed by atoms with E-state index in [0.29, 0.717) is 13.0 Å². The molecule has 0 bridgehead atoms. The summed E-state index contributed by atoms with van der Waals surface area (Å²) in [5, 5.41) is 18.4. The molecule has 3 heteroatoms. The van der Waals surface area contributed by atoms with E-state index < -0.39 is 12.2 Å². The van der Waals surface area contributed by atoms with Gasteiger partial charge in [-0.1, -0.05) is 0 Å². The summed E-state index contributed by atoms with van der Waals surface area (Å²) in [6.45, 7) is 2.43. The van der Waals surface area contributed by atoms with E-state index in [-0.39, 0.29) is 6.10 Å². The van der Waals surface area contributed by atoms with Gasteiger partial charge in [0, 0.05) is 6.61 Å². The molecule has 0 unspecified atom stereocenters. The van der Waals surface area contributed by atoms with Crippen LogP contribution in [0, 0.1) is 0 Å². The molecule has 0 aliphatic carbocycles. The van der Waals surface area contributed by atoms with Gasteiger partial charge in [-0.2, -0.15) is 0 Å². The van der Waals surface area contributed by atoms with Crippen LogP contribution in [0.15, 0.2) is 0 Å². The third kappa shape index (κ3) is 1.68. The maximum Gasteiger partial charge on any atom is 0.106 e. The SMILES string of the molecule is C[C@H]1OCCC[C@H](O)[C@@H]1O. The van der Waals surface area contributed by atoms with Crippen LogP contribution in [0.4, 0.5) is 0 Å². The van der Waals surface area contributed by atoms with Crippen LogP contribution in [0.25, 0.3) is 0 Å². The molecule has 0 radical (unpaired) electrons. The van der Waals surface area contributed by atoms with Gasteiger partial charge in [-0.3, -0.25) is 0 Å². The number of ether oxygens (including phenoxy) is 1. The first-order valence-corrected chi connectivity index (χ1v) is 3.69. The molecule has 0 aromatic carbocycles. The maximum absolute atomic E-state index is 9.25. The van der Waals surface area contributed by atoms with E-state index in [2.05, 4.69) is 0 Å². The lowest BCUT2D eigenvalue weighted by Crippen LogP contribution is -2.34. The second kappa shape index (κ2) is 3.32. The Kier molecular flexibility index (Phi) is 2.65. The Morgan fingerprint density at radius 1 is 1.40 bits per heavy atom. The van der Waals surface area contributed by atoms with Crippen LogP contribution < -0.4 is 0 Å². The summed E-state index contributed by atoms with van der Waals surface area (Å²) < 4.78 is 5.18. The highest BCUT2D eigenvalue weighted by molar-refractivity contribution is 4.75. The molecule has 0 saturated carbocycles. The number of hydrogen-bond donors (Lipinski definition) is 2. The molecule has 0 spiro atoms. The molecule has 1 aliphatic heterocycles. The van der Waals surface area contributed by atoms with Gasteiger partial charge in [0.05, 0.1) is 12.2 Å². The summed E-state index contributed by atoms with van der Waals surface area (Å²) in [5.41, 5.74) is 0. The highest BCUT2D eigenvalue weighted by atomic mass is 16.5. The Labute approximate surface area is 60.6 Å². The average molecular weight is 146 g/mol. The van der Waals surface area contributed by atoms with Crippen molar-refractivity contribution in [2.45, 2.75) is 38.1 Å². The van der Waals surface area contributed by atoms with Gasteiger partial charge in [0.1, 0.15) is 6.10 Å². The van der Waals surface area contributed by atoms with E-state index in [1.165, 1.54) is 0 Å². The fourth-order valence-electron chi connectivity index (χ4n) is 1.14. The van der Waals surface area contributed by atoms with E-state index in [1.54, 1.807) is 6.92 Å². The molecule has 3 nitrogen and oxygen atoms in total. The monoisotopic (exact) mass is 146 g/mol. The first kappa shape index (κ1) is 7.98. The van der Waals surface area contributed by atoms with Crippen LogP contribution in [0.2, 0.25) is 0 Å². The Morgan fingerprint density at radius 3 is 2.80 bits per heavy atom. The van der Waals surface area contributed by atoms with Crippen molar-refractivity contribution in [2.24, 2.45) is 0 Å². The van der Waals surface area contributed by atoms with Crippen molar-refractivity contribution in [1.29, 1.82) is 0 Å². The second-order valence-electron chi connectivity index (χ2n) is 2.78. The first-order chi connectivity index (χ1) is 4.72. The van der Waals surface area contributed by atoms with Crippen LogP contribution >= 0.6 is 0 Å². The smallest absolute Gasteiger partial charge is 0.106 e. The Balaban J connectivity index is 2.46. The molecule has 3 atom stereocenters.